The van der Waals surface area contributed by atoms with Crippen LogP contribution in [0.25, 0.3) is 28.1 Å². The molecule has 0 fully saturated rings. The number of nitrogens with zero attached hydrogens (tertiary/aromatic N) is 5. The molecule has 170 valence electrons. The lowest BCUT2D eigenvalue weighted by molar-refractivity contribution is -0.130. The second-order valence-electron chi connectivity index (χ2n) is 7.55. The molecule has 0 bridgehead atoms. The topological polar surface area (TPSA) is 82.4 Å². The lowest BCUT2D eigenvalue weighted by Crippen LogP contribution is -2.27. The normalized spacial score (nSPS) is 10.9. The number of amides is 1. The Labute approximate surface area is 190 Å². The van der Waals surface area contributed by atoms with E-state index in [1.807, 2.05) is 29.8 Å². The first-order valence-electron chi connectivity index (χ1n) is 10.4. The molecule has 0 radical (unpaired) electrons. The number of aryl methyl sites for hydroxylation is 1. The molecule has 0 atom stereocenters. The van der Waals surface area contributed by atoms with Gasteiger partial charge in [0.25, 0.3) is 5.91 Å². The highest BCUT2D eigenvalue weighted by Gasteiger charge is 2.15. The van der Waals surface area contributed by atoms with Gasteiger partial charge in [0.15, 0.2) is 24.0 Å². The van der Waals surface area contributed by atoms with Crippen molar-refractivity contribution in [2.75, 3.05) is 27.8 Å². The molecule has 4 rings (SSSR count). The molecule has 33 heavy (non-hydrogen) atoms. The molecular formula is C24H24FN5O3. The standard InChI is InChI=1S/C24H24FN5O3/c1-5-19-17-9-11-30(16-8-10-26-21(13-16)33-14-22(31)29(2)3)24(17)28-23(27-19)15-6-7-20(32-4)18(25)12-15/h6-13H,5,14H2,1-4H3. The summed E-state index contributed by atoms with van der Waals surface area (Å²) in [6, 6.07) is 10.2. The van der Waals surface area contributed by atoms with Crippen LogP contribution in [0.1, 0.15) is 12.6 Å². The van der Waals surface area contributed by atoms with Crippen LogP contribution in [-0.4, -0.2) is 58.1 Å². The van der Waals surface area contributed by atoms with E-state index in [4.69, 9.17) is 14.5 Å². The fraction of sp³-hybridized carbons (Fsp3) is 0.250. The number of hydrogen-bond donors (Lipinski definition) is 0. The van der Waals surface area contributed by atoms with E-state index in [9.17, 15) is 9.18 Å². The zero-order valence-corrected chi connectivity index (χ0v) is 18.9. The summed E-state index contributed by atoms with van der Waals surface area (Å²) in [5.41, 5.74) is 2.85. The molecule has 1 amide bonds. The minimum Gasteiger partial charge on any atom is -0.494 e. The van der Waals surface area contributed by atoms with E-state index < -0.39 is 5.82 Å². The average Bonchev–Trinajstić information content (AvgIpc) is 3.26. The number of hydrogen-bond acceptors (Lipinski definition) is 6. The van der Waals surface area contributed by atoms with E-state index in [0.29, 0.717) is 29.3 Å². The van der Waals surface area contributed by atoms with Crippen LogP contribution >= 0.6 is 0 Å². The molecule has 1 aromatic carbocycles. The fourth-order valence-electron chi connectivity index (χ4n) is 3.38. The van der Waals surface area contributed by atoms with Crippen LogP contribution in [0.5, 0.6) is 11.6 Å². The van der Waals surface area contributed by atoms with E-state index in [-0.39, 0.29) is 18.3 Å². The summed E-state index contributed by atoms with van der Waals surface area (Å²) in [5, 5.41) is 0.900. The van der Waals surface area contributed by atoms with Gasteiger partial charge in [0.05, 0.1) is 18.5 Å². The number of rotatable bonds is 7. The van der Waals surface area contributed by atoms with Gasteiger partial charge < -0.3 is 18.9 Å². The summed E-state index contributed by atoms with van der Waals surface area (Å²) >= 11 is 0. The molecule has 0 saturated carbocycles. The highest BCUT2D eigenvalue weighted by molar-refractivity contribution is 5.82. The Morgan fingerprint density at radius 2 is 1.97 bits per heavy atom. The van der Waals surface area contributed by atoms with Gasteiger partial charge in [0, 0.05) is 43.5 Å². The largest absolute Gasteiger partial charge is 0.494 e. The molecule has 0 unspecified atom stereocenters. The number of fused-ring (bicyclic) bond motifs is 1. The molecule has 9 heteroatoms. The van der Waals surface area contributed by atoms with Crippen LogP contribution in [-0.2, 0) is 11.2 Å². The minimum absolute atomic E-state index is 0.106. The lowest BCUT2D eigenvalue weighted by Gasteiger charge is -2.12. The maximum atomic E-state index is 14.3. The molecule has 3 heterocycles. The van der Waals surface area contributed by atoms with Gasteiger partial charge in [-0.1, -0.05) is 6.92 Å². The van der Waals surface area contributed by atoms with Crippen molar-refractivity contribution in [3.05, 3.63) is 60.3 Å². The van der Waals surface area contributed by atoms with Crippen molar-refractivity contribution in [1.82, 2.24) is 24.4 Å². The molecule has 8 nitrogen and oxygen atoms in total. The molecule has 3 aromatic heterocycles. The SMILES string of the molecule is CCc1nc(-c2ccc(OC)c(F)c2)nc2c1ccn2-c1ccnc(OCC(=O)N(C)C)c1. The quantitative estimate of drug-likeness (QED) is 0.428. The van der Waals surface area contributed by atoms with E-state index in [0.717, 1.165) is 16.8 Å². The summed E-state index contributed by atoms with van der Waals surface area (Å²) < 4.78 is 26.8. The Morgan fingerprint density at radius 1 is 1.15 bits per heavy atom. The maximum Gasteiger partial charge on any atom is 0.260 e. The van der Waals surface area contributed by atoms with Crippen molar-refractivity contribution in [2.45, 2.75) is 13.3 Å². The number of likely N-dealkylation sites (N-methyl/N-ethyl adjacent to an activating group) is 1. The van der Waals surface area contributed by atoms with E-state index in [2.05, 4.69) is 9.97 Å². The molecule has 4 aromatic rings. The number of carbonyl (C=O) groups is 1. The molecule has 0 aliphatic carbocycles. The number of methoxy groups -OCH3 is 1. The smallest absolute Gasteiger partial charge is 0.260 e. The van der Waals surface area contributed by atoms with E-state index in [1.54, 1.807) is 38.5 Å². The number of aromatic nitrogens is 4. The minimum atomic E-state index is -0.477. The summed E-state index contributed by atoms with van der Waals surface area (Å²) in [4.78, 5) is 26.9. The van der Waals surface area contributed by atoms with Crippen molar-refractivity contribution in [3.63, 3.8) is 0 Å². The lowest BCUT2D eigenvalue weighted by atomic mass is 10.1. The van der Waals surface area contributed by atoms with Crippen molar-refractivity contribution < 1.29 is 18.7 Å². The van der Waals surface area contributed by atoms with Crippen molar-refractivity contribution in [3.8, 4) is 28.7 Å². The zero-order valence-electron chi connectivity index (χ0n) is 18.9. The third kappa shape index (κ3) is 4.48. The predicted molar refractivity (Wildman–Crippen MR) is 122 cm³/mol. The van der Waals surface area contributed by atoms with Gasteiger partial charge in [-0.2, -0.15) is 0 Å². The number of carbonyl (C=O) groups excluding carboxylic acids is 1. The average molecular weight is 449 g/mol. The monoisotopic (exact) mass is 449 g/mol. The third-order valence-electron chi connectivity index (χ3n) is 5.21. The van der Waals surface area contributed by atoms with Gasteiger partial charge in [0.2, 0.25) is 5.88 Å². The van der Waals surface area contributed by atoms with Crippen molar-refractivity contribution in [2.24, 2.45) is 0 Å². The van der Waals surface area contributed by atoms with Crippen LogP contribution in [0.3, 0.4) is 0 Å². The van der Waals surface area contributed by atoms with Crippen LogP contribution in [0.15, 0.2) is 48.8 Å². The summed E-state index contributed by atoms with van der Waals surface area (Å²) in [6.07, 6.45) is 4.19. The molecular weight excluding hydrogens is 425 g/mol. The van der Waals surface area contributed by atoms with E-state index in [1.165, 1.54) is 18.1 Å². The Bertz CT molecular complexity index is 1320. The second kappa shape index (κ2) is 9.23. The first kappa shape index (κ1) is 22.2. The van der Waals surface area contributed by atoms with Crippen LogP contribution in [0, 0.1) is 5.82 Å². The number of pyridine rings is 1. The molecule has 0 N–H and O–H groups in total. The highest BCUT2D eigenvalue weighted by atomic mass is 19.1. The zero-order chi connectivity index (χ0) is 23.5. The van der Waals surface area contributed by atoms with Crippen LogP contribution in [0.2, 0.25) is 0 Å². The number of ether oxygens (including phenoxy) is 2. The van der Waals surface area contributed by atoms with Crippen molar-refractivity contribution in [1.29, 1.82) is 0 Å². The van der Waals surface area contributed by atoms with Gasteiger partial charge >= 0.3 is 0 Å². The van der Waals surface area contributed by atoms with Gasteiger partial charge in [-0.3, -0.25) is 4.79 Å². The first-order valence-corrected chi connectivity index (χ1v) is 10.4. The van der Waals surface area contributed by atoms with Crippen molar-refractivity contribution >= 4 is 16.9 Å². The second-order valence-corrected chi connectivity index (χ2v) is 7.55. The summed E-state index contributed by atoms with van der Waals surface area (Å²) in [5.74, 6) is 0.270. The first-order chi connectivity index (χ1) is 15.9. The van der Waals surface area contributed by atoms with Gasteiger partial charge in [-0.05, 0) is 36.8 Å². The Hall–Kier alpha value is -4.01. The van der Waals surface area contributed by atoms with Crippen LogP contribution in [0.4, 0.5) is 4.39 Å². The molecule has 0 spiro atoms. The summed E-state index contributed by atoms with van der Waals surface area (Å²) in [6.45, 7) is 1.91. The number of benzene rings is 1. The number of halogens is 1. The highest BCUT2D eigenvalue weighted by Crippen LogP contribution is 2.28. The fourth-order valence-corrected chi connectivity index (χ4v) is 3.38. The molecule has 0 aliphatic rings. The van der Waals surface area contributed by atoms with Crippen LogP contribution < -0.4 is 9.47 Å². The van der Waals surface area contributed by atoms with E-state index >= 15 is 0 Å². The van der Waals surface area contributed by atoms with Gasteiger partial charge in [-0.15, -0.1) is 0 Å². The molecule has 0 saturated heterocycles. The Balaban J connectivity index is 1.75. The molecule has 0 aliphatic heterocycles. The Kier molecular flexibility index (Phi) is 6.21. The predicted octanol–water partition coefficient (Wildman–Crippen LogP) is 3.66. The van der Waals surface area contributed by atoms with Gasteiger partial charge in [-0.25, -0.2) is 19.3 Å². The van der Waals surface area contributed by atoms with Gasteiger partial charge in [0.1, 0.15) is 5.65 Å². The third-order valence-corrected chi connectivity index (χ3v) is 5.21. The Morgan fingerprint density at radius 3 is 2.67 bits per heavy atom. The maximum absolute atomic E-state index is 14.3. The summed E-state index contributed by atoms with van der Waals surface area (Å²) in [7, 11) is 4.75.